The number of carbonyl (C=O) groups is 1. The van der Waals surface area contributed by atoms with Crippen molar-refractivity contribution < 1.29 is 9.53 Å². The van der Waals surface area contributed by atoms with Gasteiger partial charge in [-0.3, -0.25) is 0 Å². The molecule has 0 atom stereocenters. The summed E-state index contributed by atoms with van der Waals surface area (Å²) in [6, 6.07) is 8.06. The van der Waals surface area contributed by atoms with Crippen molar-refractivity contribution in [3.8, 4) is 0 Å². The number of methoxy groups -OCH3 is 1. The van der Waals surface area contributed by atoms with Gasteiger partial charge in [0.25, 0.3) is 0 Å². The minimum Gasteiger partial charge on any atom is -0.467 e. The second kappa shape index (κ2) is 5.40. The van der Waals surface area contributed by atoms with E-state index in [0.717, 1.165) is 31.6 Å². The highest BCUT2D eigenvalue weighted by Gasteiger charge is 2.40. The first-order valence-corrected chi connectivity index (χ1v) is 6.30. The summed E-state index contributed by atoms with van der Waals surface area (Å²) in [7, 11) is 1.45. The van der Waals surface area contributed by atoms with Crippen LogP contribution in [0.3, 0.4) is 0 Å². The van der Waals surface area contributed by atoms with Gasteiger partial charge in [-0.15, -0.1) is 0 Å². The molecule has 1 aromatic rings. The lowest BCUT2D eigenvalue weighted by Crippen LogP contribution is -2.54. The van der Waals surface area contributed by atoms with Gasteiger partial charge >= 0.3 is 5.97 Å². The number of anilines is 1. The molecule has 1 aliphatic heterocycles. The molecule has 0 saturated carbocycles. The number of nitrogens with one attached hydrogen (secondary N) is 2. The van der Waals surface area contributed by atoms with Crippen molar-refractivity contribution in [1.29, 1.82) is 0 Å². The zero-order chi connectivity index (χ0) is 13.0. The van der Waals surface area contributed by atoms with Crippen LogP contribution in [0.2, 0.25) is 0 Å². The zero-order valence-electron chi connectivity index (χ0n) is 11.0. The third-order valence-electron chi connectivity index (χ3n) is 3.43. The smallest absolute Gasteiger partial charge is 0.331 e. The molecule has 1 aliphatic rings. The summed E-state index contributed by atoms with van der Waals surface area (Å²) in [5.74, 6) is -0.175. The Kier molecular flexibility index (Phi) is 3.87. The van der Waals surface area contributed by atoms with Crippen molar-refractivity contribution >= 4 is 11.7 Å². The van der Waals surface area contributed by atoms with E-state index in [0.29, 0.717) is 0 Å². The number of piperidine rings is 1. The summed E-state index contributed by atoms with van der Waals surface area (Å²) in [5, 5.41) is 6.64. The molecule has 98 valence electrons. The second-order valence-corrected chi connectivity index (χ2v) is 4.82. The van der Waals surface area contributed by atoms with Gasteiger partial charge < -0.3 is 15.4 Å². The molecule has 1 heterocycles. The van der Waals surface area contributed by atoms with Crippen LogP contribution in [0.15, 0.2) is 24.3 Å². The van der Waals surface area contributed by atoms with E-state index in [9.17, 15) is 4.79 Å². The number of rotatable bonds is 3. The van der Waals surface area contributed by atoms with E-state index in [1.807, 2.05) is 31.2 Å². The molecular formula is C14H20N2O2. The van der Waals surface area contributed by atoms with Crippen molar-refractivity contribution in [2.24, 2.45) is 0 Å². The van der Waals surface area contributed by atoms with Crippen molar-refractivity contribution in [3.05, 3.63) is 29.8 Å². The Morgan fingerprint density at radius 2 is 2.11 bits per heavy atom. The van der Waals surface area contributed by atoms with Crippen LogP contribution in [-0.4, -0.2) is 31.7 Å². The van der Waals surface area contributed by atoms with Crippen molar-refractivity contribution in [1.82, 2.24) is 5.32 Å². The quantitative estimate of drug-likeness (QED) is 0.799. The van der Waals surface area contributed by atoms with Gasteiger partial charge in [-0.25, -0.2) is 4.79 Å². The van der Waals surface area contributed by atoms with Gasteiger partial charge in [0, 0.05) is 5.69 Å². The molecule has 18 heavy (non-hydrogen) atoms. The number of esters is 1. The first-order valence-electron chi connectivity index (χ1n) is 6.30. The fourth-order valence-corrected chi connectivity index (χ4v) is 2.43. The average molecular weight is 248 g/mol. The predicted octanol–water partition coefficient (Wildman–Crippen LogP) is 1.70. The fraction of sp³-hybridized carbons (Fsp3) is 0.500. The van der Waals surface area contributed by atoms with Crippen LogP contribution in [-0.2, 0) is 9.53 Å². The molecule has 0 aliphatic carbocycles. The zero-order valence-corrected chi connectivity index (χ0v) is 11.0. The van der Waals surface area contributed by atoms with Crippen LogP contribution in [0.1, 0.15) is 18.4 Å². The molecular weight excluding hydrogens is 228 g/mol. The maximum absolute atomic E-state index is 12.1. The van der Waals surface area contributed by atoms with Crippen LogP contribution >= 0.6 is 0 Å². The standard InChI is InChI=1S/C14H20N2O2/c1-11-4-3-5-12(10-11)16-14(13(17)18-2)6-8-15-9-7-14/h3-5,10,15-16H,6-9H2,1-2H3. The molecule has 2 N–H and O–H groups in total. The van der Waals surface area contributed by atoms with Gasteiger partial charge in [0.05, 0.1) is 7.11 Å². The third kappa shape index (κ3) is 2.64. The molecule has 4 nitrogen and oxygen atoms in total. The number of hydrogen-bond donors (Lipinski definition) is 2. The van der Waals surface area contributed by atoms with Crippen molar-refractivity contribution in [2.45, 2.75) is 25.3 Å². The third-order valence-corrected chi connectivity index (χ3v) is 3.43. The lowest BCUT2D eigenvalue weighted by molar-refractivity contribution is -0.147. The molecule has 0 aromatic heterocycles. The van der Waals surface area contributed by atoms with Gasteiger partial charge in [0.2, 0.25) is 0 Å². The highest BCUT2D eigenvalue weighted by molar-refractivity contribution is 5.84. The van der Waals surface area contributed by atoms with E-state index in [4.69, 9.17) is 4.74 Å². The summed E-state index contributed by atoms with van der Waals surface area (Å²) in [4.78, 5) is 12.1. The summed E-state index contributed by atoms with van der Waals surface area (Å²) in [6.45, 7) is 3.69. The molecule has 1 fully saturated rings. The molecule has 1 aromatic carbocycles. The lowest BCUT2D eigenvalue weighted by atomic mass is 9.88. The Hall–Kier alpha value is -1.55. The van der Waals surface area contributed by atoms with Gasteiger partial charge in [-0.2, -0.15) is 0 Å². The maximum Gasteiger partial charge on any atom is 0.331 e. The summed E-state index contributed by atoms with van der Waals surface area (Å²) >= 11 is 0. The van der Waals surface area contributed by atoms with Crippen molar-refractivity contribution in [3.63, 3.8) is 0 Å². The first kappa shape index (κ1) is 12.9. The molecule has 4 heteroatoms. The summed E-state index contributed by atoms with van der Waals surface area (Å²) in [6.07, 6.45) is 1.49. The average Bonchev–Trinajstić information content (AvgIpc) is 2.39. The number of benzene rings is 1. The number of ether oxygens (including phenoxy) is 1. The van der Waals surface area contributed by atoms with Gasteiger partial charge in [-0.1, -0.05) is 12.1 Å². The van der Waals surface area contributed by atoms with Crippen LogP contribution in [0.5, 0.6) is 0 Å². The SMILES string of the molecule is COC(=O)C1(Nc2cccc(C)c2)CCNCC1. The predicted molar refractivity (Wildman–Crippen MR) is 71.7 cm³/mol. The largest absolute Gasteiger partial charge is 0.467 e. The normalized spacial score (nSPS) is 18.1. The topological polar surface area (TPSA) is 50.4 Å². The minimum atomic E-state index is -0.589. The van der Waals surface area contributed by atoms with E-state index in [1.165, 1.54) is 12.7 Å². The number of hydrogen-bond acceptors (Lipinski definition) is 4. The van der Waals surface area contributed by atoms with Crippen LogP contribution in [0, 0.1) is 6.92 Å². The van der Waals surface area contributed by atoms with E-state index < -0.39 is 5.54 Å². The Morgan fingerprint density at radius 1 is 1.39 bits per heavy atom. The number of aryl methyl sites for hydroxylation is 1. The molecule has 0 amide bonds. The summed E-state index contributed by atoms with van der Waals surface area (Å²) in [5.41, 5.74) is 1.56. The molecule has 0 unspecified atom stereocenters. The van der Waals surface area contributed by atoms with Gasteiger partial charge in [0.15, 0.2) is 0 Å². The van der Waals surface area contributed by atoms with Crippen molar-refractivity contribution in [2.75, 3.05) is 25.5 Å². The summed E-state index contributed by atoms with van der Waals surface area (Å²) < 4.78 is 4.97. The minimum absolute atomic E-state index is 0.175. The van der Waals surface area contributed by atoms with Crippen LogP contribution < -0.4 is 10.6 Å². The van der Waals surface area contributed by atoms with E-state index in [1.54, 1.807) is 0 Å². The highest BCUT2D eigenvalue weighted by atomic mass is 16.5. The van der Waals surface area contributed by atoms with E-state index in [-0.39, 0.29) is 5.97 Å². The molecule has 0 radical (unpaired) electrons. The van der Waals surface area contributed by atoms with E-state index >= 15 is 0 Å². The Labute approximate surface area is 108 Å². The molecule has 2 rings (SSSR count). The number of carbonyl (C=O) groups excluding carboxylic acids is 1. The maximum atomic E-state index is 12.1. The molecule has 1 saturated heterocycles. The van der Waals surface area contributed by atoms with Crippen LogP contribution in [0.4, 0.5) is 5.69 Å². The second-order valence-electron chi connectivity index (χ2n) is 4.82. The fourth-order valence-electron chi connectivity index (χ4n) is 2.43. The first-order chi connectivity index (χ1) is 8.66. The lowest BCUT2D eigenvalue weighted by Gasteiger charge is -2.36. The van der Waals surface area contributed by atoms with Gasteiger partial charge in [-0.05, 0) is 50.6 Å². The highest BCUT2D eigenvalue weighted by Crippen LogP contribution is 2.26. The van der Waals surface area contributed by atoms with E-state index in [2.05, 4.69) is 10.6 Å². The Balaban J connectivity index is 2.22. The Bertz CT molecular complexity index is 426. The molecule has 0 spiro atoms. The van der Waals surface area contributed by atoms with Crippen LogP contribution in [0.25, 0.3) is 0 Å². The monoisotopic (exact) mass is 248 g/mol. The van der Waals surface area contributed by atoms with Gasteiger partial charge in [0.1, 0.15) is 5.54 Å². The molecule has 0 bridgehead atoms. The Morgan fingerprint density at radius 3 is 2.72 bits per heavy atom.